The van der Waals surface area contributed by atoms with Gasteiger partial charge in [0.1, 0.15) is 11.6 Å². The molecule has 0 aliphatic heterocycles. The van der Waals surface area contributed by atoms with Gasteiger partial charge >= 0.3 is 0 Å². The summed E-state index contributed by atoms with van der Waals surface area (Å²) in [4.78, 5) is 0. The van der Waals surface area contributed by atoms with Crippen LogP contribution >= 0.6 is 0 Å². The summed E-state index contributed by atoms with van der Waals surface area (Å²) in [5.41, 5.74) is 1.64. The van der Waals surface area contributed by atoms with E-state index < -0.39 is 5.82 Å². The molecule has 0 aliphatic carbocycles. The van der Waals surface area contributed by atoms with Gasteiger partial charge in [-0.1, -0.05) is 6.92 Å². The molecule has 2 rings (SSSR count). The molecule has 0 saturated carbocycles. The van der Waals surface area contributed by atoms with Crippen LogP contribution in [0.5, 0.6) is 5.75 Å². The summed E-state index contributed by atoms with van der Waals surface area (Å²) < 4.78 is 18.8. The molecular formula is C16H15FN2O. The Morgan fingerprint density at radius 2 is 1.90 bits per heavy atom. The predicted molar refractivity (Wildman–Crippen MR) is 76.6 cm³/mol. The second kappa shape index (κ2) is 6.58. The van der Waals surface area contributed by atoms with Crippen LogP contribution in [0.2, 0.25) is 0 Å². The van der Waals surface area contributed by atoms with E-state index in [2.05, 4.69) is 5.32 Å². The second-order valence-corrected chi connectivity index (χ2v) is 4.34. The number of nitriles is 1. The minimum atomic E-state index is -0.436. The maximum Gasteiger partial charge on any atom is 0.126 e. The maximum absolute atomic E-state index is 13.3. The predicted octanol–water partition coefficient (Wildman–Crippen LogP) is 4.23. The fourth-order valence-electron chi connectivity index (χ4n) is 1.75. The van der Waals surface area contributed by atoms with Crippen molar-refractivity contribution >= 4 is 11.4 Å². The smallest absolute Gasteiger partial charge is 0.126 e. The molecule has 0 atom stereocenters. The van der Waals surface area contributed by atoms with E-state index in [0.29, 0.717) is 12.3 Å². The van der Waals surface area contributed by atoms with E-state index in [0.717, 1.165) is 17.9 Å². The highest BCUT2D eigenvalue weighted by atomic mass is 19.1. The van der Waals surface area contributed by atoms with E-state index in [9.17, 15) is 4.39 Å². The van der Waals surface area contributed by atoms with Gasteiger partial charge in [-0.2, -0.15) is 5.26 Å². The van der Waals surface area contributed by atoms with Crippen molar-refractivity contribution in [3.05, 3.63) is 53.8 Å². The zero-order chi connectivity index (χ0) is 14.4. The number of halogens is 1. The molecule has 0 bridgehead atoms. The molecule has 1 N–H and O–H groups in total. The summed E-state index contributed by atoms with van der Waals surface area (Å²) in [5, 5.41) is 11.9. The van der Waals surface area contributed by atoms with Gasteiger partial charge in [-0.3, -0.25) is 0 Å². The van der Waals surface area contributed by atoms with Crippen LogP contribution in [-0.4, -0.2) is 6.61 Å². The Bertz CT molecular complexity index is 617. The summed E-state index contributed by atoms with van der Waals surface area (Å²) in [7, 11) is 0. The van der Waals surface area contributed by atoms with Crippen molar-refractivity contribution in [2.75, 3.05) is 11.9 Å². The van der Waals surface area contributed by atoms with Crippen molar-refractivity contribution in [2.24, 2.45) is 0 Å². The summed E-state index contributed by atoms with van der Waals surface area (Å²) >= 11 is 0. The summed E-state index contributed by atoms with van der Waals surface area (Å²) in [6.07, 6.45) is 0.959. The monoisotopic (exact) mass is 270 g/mol. The second-order valence-electron chi connectivity index (χ2n) is 4.34. The van der Waals surface area contributed by atoms with Crippen LogP contribution in [-0.2, 0) is 0 Å². The average molecular weight is 270 g/mol. The van der Waals surface area contributed by atoms with Crippen LogP contribution in [0.25, 0.3) is 0 Å². The maximum atomic E-state index is 13.3. The van der Waals surface area contributed by atoms with Gasteiger partial charge in [0.05, 0.1) is 18.2 Å². The molecule has 0 unspecified atom stereocenters. The van der Waals surface area contributed by atoms with E-state index in [1.54, 1.807) is 6.07 Å². The first-order valence-electron chi connectivity index (χ1n) is 6.42. The highest BCUT2D eigenvalue weighted by molar-refractivity contribution is 5.62. The van der Waals surface area contributed by atoms with Crippen molar-refractivity contribution in [2.45, 2.75) is 13.3 Å². The highest BCUT2D eigenvalue weighted by Crippen LogP contribution is 2.21. The number of nitrogens with one attached hydrogen (secondary N) is 1. The number of hydrogen-bond donors (Lipinski definition) is 1. The highest BCUT2D eigenvalue weighted by Gasteiger charge is 2.01. The fraction of sp³-hybridized carbons (Fsp3) is 0.188. The van der Waals surface area contributed by atoms with Crippen LogP contribution < -0.4 is 10.1 Å². The van der Waals surface area contributed by atoms with Crippen molar-refractivity contribution in [3.8, 4) is 11.8 Å². The number of hydrogen-bond acceptors (Lipinski definition) is 3. The van der Waals surface area contributed by atoms with Gasteiger partial charge in [-0.05, 0) is 48.9 Å². The van der Waals surface area contributed by atoms with Crippen molar-refractivity contribution in [1.82, 2.24) is 0 Å². The van der Waals surface area contributed by atoms with E-state index in [-0.39, 0.29) is 5.56 Å². The van der Waals surface area contributed by atoms with Gasteiger partial charge in [0.15, 0.2) is 0 Å². The molecule has 2 aromatic carbocycles. The molecule has 0 aromatic heterocycles. The van der Waals surface area contributed by atoms with Gasteiger partial charge in [0, 0.05) is 11.4 Å². The lowest BCUT2D eigenvalue weighted by Crippen LogP contribution is -1.96. The largest absolute Gasteiger partial charge is 0.494 e. The molecule has 3 nitrogen and oxygen atoms in total. The third kappa shape index (κ3) is 3.72. The Labute approximate surface area is 117 Å². The number of anilines is 2. The minimum Gasteiger partial charge on any atom is -0.494 e. The Morgan fingerprint density at radius 3 is 2.55 bits per heavy atom. The summed E-state index contributed by atoms with van der Waals surface area (Å²) in [6, 6.07) is 13.5. The van der Waals surface area contributed by atoms with Gasteiger partial charge in [-0.25, -0.2) is 4.39 Å². The third-order valence-corrected chi connectivity index (χ3v) is 2.64. The van der Waals surface area contributed by atoms with Crippen LogP contribution in [0.15, 0.2) is 42.5 Å². The fourth-order valence-corrected chi connectivity index (χ4v) is 1.75. The normalized spacial score (nSPS) is 9.85. The number of nitrogens with zero attached hydrogens (tertiary/aromatic N) is 1. The van der Waals surface area contributed by atoms with Gasteiger partial charge in [0.25, 0.3) is 0 Å². The average Bonchev–Trinajstić information content (AvgIpc) is 2.46. The van der Waals surface area contributed by atoms with Crippen LogP contribution in [0, 0.1) is 17.1 Å². The first kappa shape index (κ1) is 13.9. The lowest BCUT2D eigenvalue weighted by atomic mass is 10.2. The Balaban J connectivity index is 2.10. The quantitative estimate of drug-likeness (QED) is 0.884. The molecule has 0 spiro atoms. The molecule has 4 heteroatoms. The van der Waals surface area contributed by atoms with Gasteiger partial charge < -0.3 is 10.1 Å². The van der Waals surface area contributed by atoms with Crippen LogP contribution in [0.3, 0.4) is 0 Å². The van der Waals surface area contributed by atoms with Gasteiger partial charge in [0.2, 0.25) is 0 Å². The summed E-state index contributed by atoms with van der Waals surface area (Å²) in [5.74, 6) is 0.365. The first-order chi connectivity index (χ1) is 9.71. The molecule has 0 fully saturated rings. The zero-order valence-corrected chi connectivity index (χ0v) is 11.2. The Hall–Kier alpha value is -2.54. The van der Waals surface area contributed by atoms with Crippen molar-refractivity contribution in [3.63, 3.8) is 0 Å². The first-order valence-corrected chi connectivity index (χ1v) is 6.42. The molecule has 0 heterocycles. The summed E-state index contributed by atoms with van der Waals surface area (Å²) in [6.45, 7) is 2.73. The Morgan fingerprint density at radius 1 is 1.15 bits per heavy atom. The molecule has 0 aliphatic rings. The molecule has 2 aromatic rings. The third-order valence-electron chi connectivity index (χ3n) is 2.64. The topological polar surface area (TPSA) is 45.0 Å². The van der Waals surface area contributed by atoms with Crippen LogP contribution in [0.4, 0.5) is 15.8 Å². The molecule has 0 saturated heterocycles. The minimum absolute atomic E-state index is 0.287. The van der Waals surface area contributed by atoms with E-state index in [4.69, 9.17) is 10.00 Å². The molecule has 0 amide bonds. The molecular weight excluding hydrogens is 255 g/mol. The Kier molecular flexibility index (Phi) is 4.56. The number of rotatable bonds is 5. The number of benzene rings is 2. The molecule has 102 valence electrons. The lowest BCUT2D eigenvalue weighted by molar-refractivity contribution is 0.317. The lowest BCUT2D eigenvalue weighted by Gasteiger charge is -2.09. The van der Waals surface area contributed by atoms with Crippen LogP contribution in [0.1, 0.15) is 18.9 Å². The molecule has 0 radical (unpaired) electrons. The number of ether oxygens (including phenoxy) is 1. The van der Waals surface area contributed by atoms with E-state index >= 15 is 0 Å². The zero-order valence-electron chi connectivity index (χ0n) is 11.2. The SMILES string of the molecule is CCCOc1ccc(Nc2cc(F)cc(C#N)c2)cc1. The molecule has 20 heavy (non-hydrogen) atoms. The van der Waals surface area contributed by atoms with Crippen molar-refractivity contribution < 1.29 is 9.13 Å². The van der Waals surface area contributed by atoms with E-state index in [1.807, 2.05) is 37.3 Å². The van der Waals surface area contributed by atoms with E-state index in [1.165, 1.54) is 12.1 Å². The van der Waals surface area contributed by atoms with Gasteiger partial charge in [-0.15, -0.1) is 0 Å². The van der Waals surface area contributed by atoms with Crippen molar-refractivity contribution in [1.29, 1.82) is 5.26 Å². The standard InChI is InChI=1S/C16H15FN2O/c1-2-7-20-16-5-3-14(4-6-16)19-15-9-12(11-18)8-13(17)10-15/h3-6,8-10,19H,2,7H2,1H3.